The fourth-order valence-corrected chi connectivity index (χ4v) is 4.25. The Labute approximate surface area is 177 Å². The number of fused-ring (bicyclic) bond motifs is 1. The summed E-state index contributed by atoms with van der Waals surface area (Å²) in [5.41, 5.74) is 3.51. The van der Waals surface area contributed by atoms with Crippen LogP contribution in [0.15, 0.2) is 47.8 Å². The van der Waals surface area contributed by atoms with Crippen LogP contribution >= 0.6 is 11.3 Å². The van der Waals surface area contributed by atoms with Gasteiger partial charge in [-0.1, -0.05) is 6.07 Å². The number of rotatable bonds is 7. The molecule has 7 nitrogen and oxygen atoms in total. The first-order valence-corrected chi connectivity index (χ1v) is 10.4. The van der Waals surface area contributed by atoms with Gasteiger partial charge in [-0.25, -0.2) is 0 Å². The molecule has 0 bridgehead atoms. The van der Waals surface area contributed by atoms with E-state index < -0.39 is 10.8 Å². The van der Waals surface area contributed by atoms with Crippen LogP contribution < -0.4 is 14.8 Å². The second-order valence-corrected chi connectivity index (χ2v) is 7.90. The number of methoxy groups -OCH3 is 1. The molecule has 0 unspecified atom stereocenters. The molecule has 1 heterocycles. The van der Waals surface area contributed by atoms with E-state index in [-0.39, 0.29) is 11.4 Å². The Morgan fingerprint density at radius 3 is 2.73 bits per heavy atom. The molecule has 0 radical (unpaired) electrons. The molecule has 0 aliphatic heterocycles. The summed E-state index contributed by atoms with van der Waals surface area (Å²) in [5, 5.41) is 15.7. The summed E-state index contributed by atoms with van der Waals surface area (Å²) in [5.74, 6) is 0.764. The highest BCUT2D eigenvalue weighted by Gasteiger charge is 2.19. The number of hydrogen-bond acceptors (Lipinski definition) is 6. The summed E-state index contributed by atoms with van der Waals surface area (Å²) >= 11 is 1.27. The standard InChI is InChI=1S/C22H20N2O5S/c1-28-17-7-8-19(20(11-17)24(26)27)23-22(25)21-9-14(13-30-21)12-29-18-6-5-15-3-2-4-16(15)10-18/h5-11,13H,2-4,12H2,1H3,(H,23,25). The van der Waals surface area contributed by atoms with Crippen molar-refractivity contribution in [2.45, 2.75) is 25.9 Å². The first-order chi connectivity index (χ1) is 14.5. The first kappa shape index (κ1) is 19.9. The lowest BCUT2D eigenvalue weighted by molar-refractivity contribution is -0.384. The van der Waals surface area contributed by atoms with Gasteiger partial charge in [0.15, 0.2) is 0 Å². The Bertz CT molecular complexity index is 1110. The molecule has 0 saturated heterocycles. The van der Waals surface area contributed by atoms with Gasteiger partial charge in [0.1, 0.15) is 23.8 Å². The number of carbonyl (C=O) groups is 1. The number of nitro groups is 1. The number of anilines is 1. The number of carbonyl (C=O) groups excluding carboxylic acids is 1. The summed E-state index contributed by atoms with van der Waals surface area (Å²) in [4.78, 5) is 23.7. The van der Waals surface area contributed by atoms with E-state index in [0.717, 1.165) is 24.2 Å². The third-order valence-corrected chi connectivity index (χ3v) is 5.98. The zero-order chi connectivity index (χ0) is 21.1. The quantitative estimate of drug-likeness (QED) is 0.426. The predicted octanol–water partition coefficient (Wildman–Crippen LogP) is 4.98. The minimum Gasteiger partial charge on any atom is -0.496 e. The Morgan fingerprint density at radius 1 is 1.13 bits per heavy atom. The van der Waals surface area contributed by atoms with Crippen molar-refractivity contribution in [2.24, 2.45) is 0 Å². The van der Waals surface area contributed by atoms with Gasteiger partial charge in [-0.15, -0.1) is 11.3 Å². The lowest BCUT2D eigenvalue weighted by Gasteiger charge is -2.07. The van der Waals surface area contributed by atoms with Gasteiger partial charge in [0.25, 0.3) is 11.6 Å². The van der Waals surface area contributed by atoms with E-state index in [2.05, 4.69) is 17.4 Å². The molecule has 0 spiro atoms. The normalized spacial score (nSPS) is 12.3. The number of ether oxygens (including phenoxy) is 2. The van der Waals surface area contributed by atoms with E-state index in [1.807, 2.05) is 11.4 Å². The fraction of sp³-hybridized carbons (Fsp3) is 0.227. The van der Waals surface area contributed by atoms with Crippen molar-refractivity contribution in [3.05, 3.63) is 79.5 Å². The molecule has 0 fully saturated rings. The van der Waals surface area contributed by atoms with Crippen LogP contribution in [0.4, 0.5) is 11.4 Å². The maximum absolute atomic E-state index is 12.6. The highest BCUT2D eigenvalue weighted by molar-refractivity contribution is 7.12. The second-order valence-electron chi connectivity index (χ2n) is 6.99. The third kappa shape index (κ3) is 4.28. The molecule has 0 atom stereocenters. The summed E-state index contributed by atoms with van der Waals surface area (Å²) in [7, 11) is 1.43. The van der Waals surface area contributed by atoms with E-state index in [1.165, 1.54) is 48.1 Å². The predicted molar refractivity (Wildman–Crippen MR) is 115 cm³/mol. The molecule has 8 heteroatoms. The largest absolute Gasteiger partial charge is 0.496 e. The topological polar surface area (TPSA) is 90.7 Å². The number of amides is 1. The van der Waals surface area contributed by atoms with Crippen molar-refractivity contribution in [1.29, 1.82) is 0 Å². The van der Waals surface area contributed by atoms with Crippen molar-refractivity contribution in [2.75, 3.05) is 12.4 Å². The van der Waals surface area contributed by atoms with E-state index >= 15 is 0 Å². The lowest BCUT2D eigenvalue weighted by atomic mass is 10.1. The van der Waals surface area contributed by atoms with Crippen molar-refractivity contribution in [3.8, 4) is 11.5 Å². The molecule has 3 aromatic rings. The van der Waals surface area contributed by atoms with Gasteiger partial charge in [-0.3, -0.25) is 14.9 Å². The zero-order valence-electron chi connectivity index (χ0n) is 16.3. The van der Waals surface area contributed by atoms with Gasteiger partial charge >= 0.3 is 0 Å². The minimum absolute atomic E-state index is 0.121. The first-order valence-electron chi connectivity index (χ1n) is 9.49. The third-order valence-electron chi connectivity index (χ3n) is 5.00. The molecule has 4 rings (SSSR count). The molecule has 2 aromatic carbocycles. The van der Waals surface area contributed by atoms with E-state index in [4.69, 9.17) is 9.47 Å². The number of nitrogens with one attached hydrogen (secondary N) is 1. The monoisotopic (exact) mass is 424 g/mol. The van der Waals surface area contributed by atoms with Crippen molar-refractivity contribution in [3.63, 3.8) is 0 Å². The molecule has 1 N–H and O–H groups in total. The van der Waals surface area contributed by atoms with Crippen molar-refractivity contribution >= 4 is 28.6 Å². The van der Waals surface area contributed by atoms with Gasteiger partial charge in [0.2, 0.25) is 0 Å². The highest BCUT2D eigenvalue weighted by Crippen LogP contribution is 2.30. The van der Waals surface area contributed by atoms with E-state index in [9.17, 15) is 14.9 Å². The maximum Gasteiger partial charge on any atom is 0.296 e. The Hall–Kier alpha value is -3.39. The van der Waals surface area contributed by atoms with Gasteiger partial charge < -0.3 is 14.8 Å². The Balaban J connectivity index is 1.41. The SMILES string of the molecule is COc1ccc(NC(=O)c2cc(COc3ccc4c(c3)CCC4)cs2)c([N+](=O)[O-])c1. The molecule has 0 saturated carbocycles. The number of thiophene rings is 1. The van der Waals surface area contributed by atoms with Crippen molar-refractivity contribution < 1.29 is 19.2 Å². The maximum atomic E-state index is 12.6. The van der Waals surface area contributed by atoms with Gasteiger partial charge in [-0.05, 0) is 66.1 Å². The van der Waals surface area contributed by atoms with Crippen LogP contribution in [-0.2, 0) is 19.4 Å². The van der Waals surface area contributed by atoms with Crippen LogP contribution in [0.1, 0.15) is 32.8 Å². The zero-order valence-corrected chi connectivity index (χ0v) is 17.2. The van der Waals surface area contributed by atoms with Crippen LogP contribution in [0.3, 0.4) is 0 Å². The van der Waals surface area contributed by atoms with Crippen LogP contribution in [-0.4, -0.2) is 17.9 Å². The molecule has 30 heavy (non-hydrogen) atoms. The van der Waals surface area contributed by atoms with Crippen LogP contribution in [0.25, 0.3) is 0 Å². The smallest absolute Gasteiger partial charge is 0.296 e. The minimum atomic E-state index is -0.553. The summed E-state index contributed by atoms with van der Waals surface area (Å²) in [6, 6.07) is 12.2. The van der Waals surface area contributed by atoms with Crippen LogP contribution in [0.5, 0.6) is 11.5 Å². The molecule has 1 aliphatic rings. The van der Waals surface area contributed by atoms with E-state index in [1.54, 1.807) is 12.1 Å². The van der Waals surface area contributed by atoms with Crippen LogP contribution in [0.2, 0.25) is 0 Å². The summed E-state index contributed by atoms with van der Waals surface area (Å²) < 4.78 is 10.9. The molecule has 1 aromatic heterocycles. The van der Waals surface area contributed by atoms with E-state index in [0.29, 0.717) is 17.2 Å². The molecule has 154 valence electrons. The number of benzene rings is 2. The lowest BCUT2D eigenvalue weighted by Crippen LogP contribution is -2.11. The number of nitro benzene ring substituents is 1. The molecular weight excluding hydrogens is 404 g/mol. The van der Waals surface area contributed by atoms with Gasteiger partial charge in [0.05, 0.1) is 23.0 Å². The molecular formula is C22H20N2O5S. The summed E-state index contributed by atoms with van der Waals surface area (Å²) in [6.45, 7) is 0.352. The summed E-state index contributed by atoms with van der Waals surface area (Å²) in [6.07, 6.45) is 3.41. The number of nitrogens with zero attached hydrogens (tertiary/aromatic N) is 1. The van der Waals surface area contributed by atoms with Crippen molar-refractivity contribution in [1.82, 2.24) is 0 Å². The average molecular weight is 424 g/mol. The Kier molecular flexibility index (Phi) is 5.67. The fourth-order valence-electron chi connectivity index (χ4n) is 3.45. The average Bonchev–Trinajstić information content (AvgIpc) is 3.41. The van der Waals surface area contributed by atoms with Crippen LogP contribution in [0, 0.1) is 10.1 Å². The van der Waals surface area contributed by atoms with Gasteiger partial charge in [0, 0.05) is 5.56 Å². The number of hydrogen-bond donors (Lipinski definition) is 1. The number of aryl methyl sites for hydroxylation is 2. The van der Waals surface area contributed by atoms with Gasteiger partial charge in [-0.2, -0.15) is 0 Å². The Morgan fingerprint density at radius 2 is 1.93 bits per heavy atom. The second kappa shape index (κ2) is 8.54. The highest BCUT2D eigenvalue weighted by atomic mass is 32.1. The molecule has 1 aliphatic carbocycles. The molecule has 1 amide bonds.